The van der Waals surface area contributed by atoms with Crippen molar-refractivity contribution in [3.05, 3.63) is 40.6 Å². The lowest BCUT2D eigenvalue weighted by atomic mass is 9.87. The molecule has 2 N–H and O–H groups in total. The van der Waals surface area contributed by atoms with Gasteiger partial charge in [0.2, 0.25) is 21.8 Å². The quantitative estimate of drug-likeness (QED) is 0.229. The van der Waals surface area contributed by atoms with Gasteiger partial charge in [0.15, 0.2) is 11.4 Å². The van der Waals surface area contributed by atoms with Gasteiger partial charge in [0, 0.05) is 35.3 Å². The van der Waals surface area contributed by atoms with E-state index in [-0.39, 0.29) is 73.2 Å². The number of halogens is 4. The van der Waals surface area contributed by atoms with Crippen molar-refractivity contribution in [3.63, 3.8) is 0 Å². The molecule has 4 heterocycles. The number of pyridine rings is 1. The minimum absolute atomic E-state index is 0.0235. The van der Waals surface area contributed by atoms with E-state index in [2.05, 4.69) is 15.0 Å². The number of alkyl halides is 3. The third-order valence-corrected chi connectivity index (χ3v) is 15.0. The zero-order valence-corrected chi connectivity index (χ0v) is 36.0. The van der Waals surface area contributed by atoms with Gasteiger partial charge in [0.1, 0.15) is 22.9 Å². The van der Waals surface area contributed by atoms with Crippen LogP contribution in [0, 0.1) is 17.3 Å². The third-order valence-electron chi connectivity index (χ3n) is 12.5. The van der Waals surface area contributed by atoms with Gasteiger partial charge in [-0.05, 0) is 69.8 Å². The Morgan fingerprint density at radius 3 is 2.50 bits per heavy atom. The normalized spacial score (nSPS) is 28.6. The van der Waals surface area contributed by atoms with Crippen LogP contribution in [0.3, 0.4) is 0 Å². The van der Waals surface area contributed by atoms with Crippen molar-refractivity contribution in [1.82, 2.24) is 19.9 Å². The van der Waals surface area contributed by atoms with Crippen LogP contribution in [0.25, 0.3) is 10.9 Å². The smallest absolute Gasteiger partial charge is 0.437 e. The molecule has 7 rings (SSSR count). The summed E-state index contributed by atoms with van der Waals surface area (Å²) < 4.78 is 89.4. The van der Waals surface area contributed by atoms with Crippen molar-refractivity contribution in [2.45, 2.75) is 133 Å². The largest absolute Gasteiger partial charge is 0.497 e. The van der Waals surface area contributed by atoms with Crippen LogP contribution in [0.4, 0.5) is 13.2 Å². The van der Waals surface area contributed by atoms with Gasteiger partial charge in [-0.15, -0.1) is 0 Å². The highest BCUT2D eigenvalue weighted by Crippen LogP contribution is 2.51. The third kappa shape index (κ3) is 8.66. The number of methoxy groups -OCH3 is 1. The van der Waals surface area contributed by atoms with Crippen molar-refractivity contribution < 1.29 is 55.0 Å². The highest BCUT2D eigenvalue weighted by atomic mass is 35.5. The van der Waals surface area contributed by atoms with Crippen molar-refractivity contribution in [2.75, 3.05) is 20.3 Å². The molecule has 5 atom stereocenters. The van der Waals surface area contributed by atoms with Crippen LogP contribution in [0.5, 0.6) is 11.5 Å². The molecule has 0 radical (unpaired) electrons. The molecule has 5 aliphatic rings. The number of carbonyl (C=O) groups excluding carboxylic acids is 4. The molecule has 13 nitrogen and oxygen atoms in total. The summed E-state index contributed by atoms with van der Waals surface area (Å²) in [6.45, 7) is 7.00. The second kappa shape index (κ2) is 15.7. The molecule has 2 aromatic rings. The first-order valence-electron chi connectivity index (χ1n) is 20.5. The number of ether oxygens (including phenoxy) is 3. The minimum atomic E-state index is -4.99. The number of esters is 1. The average molecular weight is 881 g/mol. The van der Waals surface area contributed by atoms with Crippen LogP contribution < -0.4 is 19.5 Å². The van der Waals surface area contributed by atoms with Gasteiger partial charge < -0.3 is 24.4 Å². The standard InChI is InChI=1S/C42H52ClF3N4O9S/c1-38(2,3)23-58-31(51)17-24-11-9-7-6-8-10-12-25-20-41(25,37(54)49-60(55,56)39(4)15-16-39)48-35(52)30-21-40(22-50(30)36(24)53)14-13-27-28-18-26(57-5)19-29(43)32(28)47-34(33(27)59-40)42(44,45)46/h10,12,18-19,24-25,30H,6-9,11,13-17,20-23H2,1-5H3,(H,48,52)(H,49,54)/b12-10-/t24-,25-,30+,40-,41-/m1/s1. The van der Waals surface area contributed by atoms with E-state index >= 15 is 0 Å². The minimum Gasteiger partial charge on any atom is -0.497 e. The lowest BCUT2D eigenvalue weighted by Gasteiger charge is -2.37. The molecule has 0 unspecified atom stereocenters. The number of aromatic nitrogens is 1. The Bertz CT molecular complexity index is 2240. The van der Waals surface area contributed by atoms with E-state index in [1.54, 1.807) is 6.08 Å². The number of benzene rings is 1. The Kier molecular flexibility index (Phi) is 11.5. The highest BCUT2D eigenvalue weighted by Gasteiger charge is 2.64. The highest BCUT2D eigenvalue weighted by molar-refractivity contribution is 7.91. The van der Waals surface area contributed by atoms with Crippen LogP contribution in [0.2, 0.25) is 5.02 Å². The molecular weight excluding hydrogens is 829 g/mol. The molecule has 60 heavy (non-hydrogen) atoms. The number of rotatable bonds is 7. The molecule has 2 aliphatic carbocycles. The fraction of sp³-hybridized carbons (Fsp3) is 0.643. The molecule has 3 amide bonds. The number of allylic oxidation sites excluding steroid dienone is 1. The molecule has 3 fully saturated rings. The van der Waals surface area contributed by atoms with Gasteiger partial charge in [0.05, 0.1) is 42.0 Å². The summed E-state index contributed by atoms with van der Waals surface area (Å²) in [5.74, 6) is -4.66. The predicted molar refractivity (Wildman–Crippen MR) is 215 cm³/mol. The van der Waals surface area contributed by atoms with E-state index in [1.807, 2.05) is 26.8 Å². The van der Waals surface area contributed by atoms with E-state index in [1.165, 1.54) is 31.1 Å². The Labute approximate surface area is 352 Å². The van der Waals surface area contributed by atoms with Crippen LogP contribution in [-0.4, -0.2) is 84.2 Å². The number of nitrogens with zero attached hydrogens (tertiary/aromatic N) is 2. The zero-order valence-electron chi connectivity index (χ0n) is 34.4. The maximum atomic E-state index is 14.8. The Morgan fingerprint density at radius 1 is 1.10 bits per heavy atom. The van der Waals surface area contributed by atoms with Crippen LogP contribution in [0.1, 0.15) is 110 Å². The number of carbonyl (C=O) groups is 4. The Morgan fingerprint density at radius 2 is 1.83 bits per heavy atom. The number of aryl methyl sites for hydroxylation is 1. The summed E-state index contributed by atoms with van der Waals surface area (Å²) in [7, 11) is -2.70. The van der Waals surface area contributed by atoms with Gasteiger partial charge >= 0.3 is 12.1 Å². The number of amides is 3. The SMILES string of the molecule is COc1cc(Cl)c2nc(C(F)(F)F)c3c(c2c1)CC[C@]1(C[C@H]2C(=O)N[C@]4(C(=O)NS(=O)(=O)C5(C)CC5)C[C@H]4/C=C\CCCCC[C@H](CC(=O)OCC(C)(C)C)C(=O)N2C1)O3. The molecule has 18 heteroatoms. The monoisotopic (exact) mass is 880 g/mol. The zero-order chi connectivity index (χ0) is 43.6. The van der Waals surface area contributed by atoms with Crippen LogP contribution in [-0.2, 0) is 46.5 Å². The number of hydrogen-bond donors (Lipinski definition) is 2. The summed E-state index contributed by atoms with van der Waals surface area (Å²) in [5.41, 5.74) is -4.77. The van der Waals surface area contributed by atoms with E-state index in [0.29, 0.717) is 43.2 Å². The number of hydrogen-bond acceptors (Lipinski definition) is 10. The van der Waals surface area contributed by atoms with E-state index in [4.69, 9.17) is 25.8 Å². The first-order chi connectivity index (χ1) is 28.0. The fourth-order valence-electron chi connectivity index (χ4n) is 8.56. The van der Waals surface area contributed by atoms with Crippen molar-refractivity contribution >= 4 is 56.2 Å². The van der Waals surface area contributed by atoms with Gasteiger partial charge in [-0.1, -0.05) is 57.4 Å². The summed E-state index contributed by atoms with van der Waals surface area (Å²) in [6, 6.07) is 1.52. The average Bonchev–Trinajstić information content (AvgIpc) is 4.06. The van der Waals surface area contributed by atoms with Gasteiger partial charge in [0.25, 0.3) is 5.91 Å². The first kappa shape index (κ1) is 44.0. The summed E-state index contributed by atoms with van der Waals surface area (Å²) in [6.07, 6.45) is 1.93. The lowest BCUT2D eigenvalue weighted by Crippen LogP contribution is -2.57. The second-order valence-corrected chi connectivity index (χ2v) is 21.2. The van der Waals surface area contributed by atoms with Gasteiger partial charge in [-0.25, -0.2) is 13.4 Å². The number of sulfonamides is 1. The van der Waals surface area contributed by atoms with Gasteiger partial charge in [-0.3, -0.25) is 23.9 Å². The maximum absolute atomic E-state index is 14.8. The molecular formula is C42H52ClF3N4O9S. The Balaban J connectivity index is 1.27. The first-order valence-corrected chi connectivity index (χ1v) is 22.3. The number of fused-ring (bicyclic) bond motifs is 5. The molecule has 1 saturated heterocycles. The van der Waals surface area contributed by atoms with Crippen LogP contribution in [0.15, 0.2) is 24.3 Å². The predicted octanol–water partition coefficient (Wildman–Crippen LogP) is 6.57. The summed E-state index contributed by atoms with van der Waals surface area (Å²) >= 11 is 6.41. The summed E-state index contributed by atoms with van der Waals surface area (Å²) in [4.78, 5) is 61.9. The molecule has 1 aromatic carbocycles. The maximum Gasteiger partial charge on any atom is 0.437 e. The Hall–Kier alpha value is -4.12. The fourth-order valence-corrected chi connectivity index (χ4v) is 10.1. The van der Waals surface area contributed by atoms with Crippen molar-refractivity contribution in [3.8, 4) is 11.5 Å². The van der Waals surface area contributed by atoms with E-state index < -0.39 is 85.1 Å². The van der Waals surface area contributed by atoms with Crippen LogP contribution >= 0.6 is 11.6 Å². The van der Waals surface area contributed by atoms with Crippen molar-refractivity contribution in [1.29, 1.82) is 0 Å². The van der Waals surface area contributed by atoms with Gasteiger partial charge in [-0.2, -0.15) is 13.2 Å². The van der Waals surface area contributed by atoms with E-state index in [0.717, 1.165) is 6.42 Å². The molecule has 328 valence electrons. The molecule has 0 bridgehead atoms. The van der Waals surface area contributed by atoms with Crippen molar-refractivity contribution in [2.24, 2.45) is 17.3 Å². The topological polar surface area (TPSA) is 170 Å². The number of nitrogens with one attached hydrogen (secondary N) is 2. The lowest BCUT2D eigenvalue weighted by molar-refractivity contribution is -0.152. The second-order valence-electron chi connectivity index (χ2n) is 18.6. The molecule has 1 aromatic heterocycles. The van der Waals surface area contributed by atoms with E-state index in [9.17, 15) is 40.8 Å². The molecule has 3 aliphatic heterocycles. The summed E-state index contributed by atoms with van der Waals surface area (Å²) in [5, 5.41) is 3.05. The molecule has 1 spiro atoms. The molecule has 2 saturated carbocycles.